The molecule has 0 aromatic carbocycles. The summed E-state index contributed by atoms with van der Waals surface area (Å²) in [6.45, 7) is 6.75. The van der Waals surface area contributed by atoms with Gasteiger partial charge in [0.25, 0.3) is 0 Å². The zero-order valence-corrected chi connectivity index (χ0v) is 12.7. The first-order valence-electron chi connectivity index (χ1n) is 6.20. The third-order valence-corrected chi connectivity index (χ3v) is 4.36. The second-order valence-electron chi connectivity index (χ2n) is 5.41. The number of rotatable bonds is 1. The Morgan fingerprint density at radius 2 is 1.60 bits per heavy atom. The SMILES string of the molecule is [CH-]1CC2(C1)CC(C1CCC1)C2.[CH2-]C[CH2-].[Y+3]. The number of hydrogen-bond donors (Lipinski definition) is 0. The van der Waals surface area contributed by atoms with E-state index in [9.17, 15) is 0 Å². The van der Waals surface area contributed by atoms with Crippen molar-refractivity contribution in [3.8, 4) is 0 Å². The summed E-state index contributed by atoms with van der Waals surface area (Å²) in [5.41, 5.74) is 0.875. The Kier molecular flexibility index (Phi) is 5.81. The molecule has 3 saturated carbocycles. The molecule has 82 valence electrons. The molecule has 3 aliphatic rings. The van der Waals surface area contributed by atoms with Gasteiger partial charge in [0.15, 0.2) is 0 Å². The molecule has 0 radical (unpaired) electrons. The van der Waals surface area contributed by atoms with Gasteiger partial charge in [-0.05, 0) is 24.7 Å². The molecule has 1 heteroatoms. The van der Waals surface area contributed by atoms with E-state index in [-0.39, 0.29) is 32.7 Å². The van der Waals surface area contributed by atoms with Crippen molar-refractivity contribution in [2.24, 2.45) is 17.3 Å². The Morgan fingerprint density at radius 3 is 1.87 bits per heavy atom. The molecule has 3 rings (SSSR count). The van der Waals surface area contributed by atoms with Crippen LogP contribution in [0, 0.1) is 37.5 Å². The van der Waals surface area contributed by atoms with Crippen molar-refractivity contribution in [1.29, 1.82) is 0 Å². The van der Waals surface area contributed by atoms with E-state index < -0.39 is 0 Å². The number of hydrogen-bond acceptors (Lipinski definition) is 0. The van der Waals surface area contributed by atoms with Crippen LogP contribution in [0.25, 0.3) is 0 Å². The second kappa shape index (κ2) is 6.15. The van der Waals surface area contributed by atoms with Crippen LogP contribution in [0.2, 0.25) is 0 Å². The quantitative estimate of drug-likeness (QED) is 0.631. The standard InChI is InChI=1S/C11H17.C3H6.Y/c1-3-9(4-1)10-7-11(8-10)5-2-6-11;1-3-2;/h2,9-10H,1,3-8H2;1-3H2;/q-1;-2;+3. The van der Waals surface area contributed by atoms with E-state index in [0.717, 1.165) is 17.8 Å². The van der Waals surface area contributed by atoms with Gasteiger partial charge in [0.2, 0.25) is 0 Å². The van der Waals surface area contributed by atoms with Crippen molar-refractivity contribution < 1.29 is 32.7 Å². The molecule has 0 unspecified atom stereocenters. The van der Waals surface area contributed by atoms with Gasteiger partial charge in [-0.1, -0.05) is 24.7 Å². The van der Waals surface area contributed by atoms with E-state index in [4.69, 9.17) is 0 Å². The van der Waals surface area contributed by atoms with Gasteiger partial charge >= 0.3 is 32.7 Å². The van der Waals surface area contributed by atoms with Gasteiger partial charge < -0.3 is 26.7 Å². The maximum absolute atomic E-state index is 3.38. The Balaban J connectivity index is 0.000000256. The van der Waals surface area contributed by atoms with Crippen molar-refractivity contribution in [2.45, 2.75) is 51.4 Å². The summed E-state index contributed by atoms with van der Waals surface area (Å²) in [4.78, 5) is 0. The van der Waals surface area contributed by atoms with E-state index in [1.807, 2.05) is 0 Å². The fourth-order valence-electron chi connectivity index (χ4n) is 3.18. The van der Waals surface area contributed by atoms with Crippen LogP contribution in [0.4, 0.5) is 0 Å². The van der Waals surface area contributed by atoms with Crippen LogP contribution in [-0.4, -0.2) is 0 Å². The van der Waals surface area contributed by atoms with E-state index in [2.05, 4.69) is 20.3 Å². The molecule has 0 nitrogen and oxygen atoms in total. The van der Waals surface area contributed by atoms with E-state index in [1.54, 1.807) is 25.7 Å². The molecule has 0 aliphatic heterocycles. The Labute approximate surface area is 121 Å². The summed E-state index contributed by atoms with van der Waals surface area (Å²) in [5, 5.41) is 0. The van der Waals surface area contributed by atoms with Gasteiger partial charge in [0, 0.05) is 0 Å². The van der Waals surface area contributed by atoms with Gasteiger partial charge in [0.1, 0.15) is 0 Å². The molecule has 0 amide bonds. The van der Waals surface area contributed by atoms with E-state index in [0.29, 0.717) is 0 Å². The minimum absolute atomic E-state index is 0. The Hall–Kier alpha value is 1.10. The zero-order valence-electron chi connectivity index (χ0n) is 9.88. The Morgan fingerprint density at radius 1 is 1.07 bits per heavy atom. The molecule has 3 aliphatic carbocycles. The molecule has 0 saturated heterocycles. The van der Waals surface area contributed by atoms with Crippen LogP contribution < -0.4 is 0 Å². The normalized spacial score (nSPS) is 27.6. The van der Waals surface area contributed by atoms with Crippen LogP contribution in [0.15, 0.2) is 0 Å². The van der Waals surface area contributed by atoms with E-state index >= 15 is 0 Å². The van der Waals surface area contributed by atoms with Crippen LogP contribution in [-0.2, 0) is 32.7 Å². The maximum Gasteiger partial charge on any atom is 3.00 e. The Bertz CT molecular complexity index is 172. The van der Waals surface area contributed by atoms with Crippen molar-refractivity contribution in [1.82, 2.24) is 0 Å². The summed E-state index contributed by atoms with van der Waals surface area (Å²) in [7, 11) is 0. The smallest absolute Gasteiger partial charge is 0.372 e. The van der Waals surface area contributed by atoms with Crippen LogP contribution >= 0.6 is 0 Å². The van der Waals surface area contributed by atoms with Gasteiger partial charge in [0.05, 0.1) is 0 Å². The average Bonchev–Trinajstić information content (AvgIpc) is 1.89. The fraction of sp³-hybridized carbons (Fsp3) is 0.786. The predicted octanol–water partition coefficient (Wildman–Crippen LogP) is 4.22. The molecule has 0 heterocycles. The molecule has 0 aromatic rings. The molecule has 1 spiro atoms. The van der Waals surface area contributed by atoms with Crippen molar-refractivity contribution in [3.63, 3.8) is 0 Å². The van der Waals surface area contributed by atoms with Gasteiger partial charge in [-0.25, -0.2) is 0 Å². The third-order valence-electron chi connectivity index (χ3n) is 4.36. The van der Waals surface area contributed by atoms with Crippen LogP contribution in [0.1, 0.15) is 51.4 Å². The topological polar surface area (TPSA) is 0 Å². The first kappa shape index (κ1) is 14.2. The van der Waals surface area contributed by atoms with Gasteiger partial charge in [-0.2, -0.15) is 12.8 Å². The first-order valence-corrected chi connectivity index (χ1v) is 6.20. The maximum atomic E-state index is 3.38. The summed E-state index contributed by atoms with van der Waals surface area (Å²) in [6, 6.07) is 0. The molecule has 15 heavy (non-hydrogen) atoms. The van der Waals surface area contributed by atoms with Gasteiger partial charge in [-0.15, -0.1) is 0 Å². The molecule has 0 aromatic heterocycles. The summed E-state index contributed by atoms with van der Waals surface area (Å²) < 4.78 is 0. The largest absolute Gasteiger partial charge is 3.00 e. The first-order chi connectivity index (χ1) is 6.79. The van der Waals surface area contributed by atoms with E-state index in [1.165, 1.54) is 25.2 Å². The second-order valence-corrected chi connectivity index (χ2v) is 5.41. The third kappa shape index (κ3) is 3.06. The summed E-state index contributed by atoms with van der Waals surface area (Å²) in [5.74, 6) is 2.33. The molecule has 0 N–H and O–H groups in total. The fourth-order valence-corrected chi connectivity index (χ4v) is 3.18. The van der Waals surface area contributed by atoms with Crippen LogP contribution in [0.3, 0.4) is 0 Å². The minimum atomic E-state index is 0. The minimum Gasteiger partial charge on any atom is -0.372 e. The summed E-state index contributed by atoms with van der Waals surface area (Å²) in [6.07, 6.45) is 14.0. The van der Waals surface area contributed by atoms with Crippen LogP contribution in [0.5, 0.6) is 0 Å². The molecular weight excluding hydrogens is 257 g/mol. The van der Waals surface area contributed by atoms with Crippen molar-refractivity contribution in [3.05, 3.63) is 20.3 Å². The zero-order chi connectivity index (χ0) is 10.0. The molecule has 3 fully saturated rings. The predicted molar refractivity (Wildman–Crippen MR) is 61.4 cm³/mol. The van der Waals surface area contributed by atoms with Crippen molar-refractivity contribution >= 4 is 0 Å². The van der Waals surface area contributed by atoms with Gasteiger partial charge in [-0.3, -0.25) is 0 Å². The average molecular weight is 280 g/mol. The molecule has 0 atom stereocenters. The monoisotopic (exact) mass is 280 g/mol. The van der Waals surface area contributed by atoms with Crippen molar-refractivity contribution in [2.75, 3.05) is 0 Å². The molecule has 0 bridgehead atoms. The molecular formula is C14H23Y. The summed E-state index contributed by atoms with van der Waals surface area (Å²) >= 11 is 0.